The van der Waals surface area contributed by atoms with Crippen molar-refractivity contribution in [3.8, 4) is 0 Å². The minimum atomic E-state index is 0.0736. The Balaban J connectivity index is 1.53. The molecule has 2 fully saturated rings. The first-order valence-corrected chi connectivity index (χ1v) is 10.2. The number of nitrogens with zero attached hydrogens (tertiary/aromatic N) is 4. The van der Waals surface area contributed by atoms with Gasteiger partial charge in [0.1, 0.15) is 5.82 Å². The van der Waals surface area contributed by atoms with Crippen LogP contribution in [0.5, 0.6) is 0 Å². The van der Waals surface area contributed by atoms with Crippen LogP contribution < -0.4 is 10.2 Å². The maximum atomic E-state index is 12.6. The Morgan fingerprint density at radius 2 is 1.88 bits per heavy atom. The molecule has 0 aliphatic carbocycles. The minimum absolute atomic E-state index is 0.0736. The zero-order valence-corrected chi connectivity index (χ0v) is 16.1. The molecule has 1 amide bonds. The number of carbonyl (C=O) groups is 1. The van der Waals surface area contributed by atoms with Crippen LogP contribution in [0.4, 0.5) is 11.6 Å². The van der Waals surface area contributed by atoms with Gasteiger partial charge >= 0.3 is 0 Å². The van der Waals surface area contributed by atoms with Crippen molar-refractivity contribution in [1.29, 1.82) is 0 Å². The standard InChI is InChI=1S/C18H29N5OS/c1-14(2)25-23-10-6-15(7-11-23)18(24)21-16-12-19-13-17(20-16)22-8-4-3-5-9-22/h12-15H,3-11H2,1-2H3,(H,20,21,24). The van der Waals surface area contributed by atoms with E-state index in [-0.39, 0.29) is 11.8 Å². The fourth-order valence-electron chi connectivity index (χ4n) is 3.44. The Morgan fingerprint density at radius 1 is 1.16 bits per heavy atom. The molecule has 0 unspecified atom stereocenters. The highest BCUT2D eigenvalue weighted by Crippen LogP contribution is 2.26. The summed E-state index contributed by atoms with van der Waals surface area (Å²) in [6.45, 7) is 8.41. The highest BCUT2D eigenvalue weighted by molar-refractivity contribution is 7.97. The molecular formula is C18H29N5OS. The molecule has 1 N–H and O–H groups in total. The van der Waals surface area contributed by atoms with Gasteiger partial charge in [0.05, 0.1) is 12.4 Å². The van der Waals surface area contributed by atoms with Crippen LogP contribution in [0.1, 0.15) is 46.0 Å². The second-order valence-electron chi connectivity index (χ2n) is 7.16. The van der Waals surface area contributed by atoms with Crippen molar-refractivity contribution in [2.75, 3.05) is 36.4 Å². The predicted molar refractivity (Wildman–Crippen MR) is 104 cm³/mol. The summed E-state index contributed by atoms with van der Waals surface area (Å²) < 4.78 is 2.38. The number of anilines is 2. The predicted octanol–water partition coefficient (Wildman–Crippen LogP) is 3.17. The fraction of sp³-hybridized carbons (Fsp3) is 0.722. The van der Waals surface area contributed by atoms with Gasteiger partial charge in [-0.05, 0) is 32.1 Å². The molecule has 2 aliphatic heterocycles. The number of hydrogen-bond acceptors (Lipinski definition) is 6. The molecule has 0 radical (unpaired) electrons. The van der Waals surface area contributed by atoms with Gasteiger partial charge in [-0.25, -0.2) is 4.98 Å². The summed E-state index contributed by atoms with van der Waals surface area (Å²) in [5.41, 5.74) is 0. The van der Waals surface area contributed by atoms with E-state index in [1.165, 1.54) is 19.3 Å². The van der Waals surface area contributed by atoms with E-state index in [0.29, 0.717) is 11.1 Å². The van der Waals surface area contributed by atoms with Crippen LogP contribution in [-0.4, -0.2) is 51.6 Å². The summed E-state index contributed by atoms with van der Waals surface area (Å²) in [4.78, 5) is 23.7. The van der Waals surface area contributed by atoms with E-state index in [4.69, 9.17) is 0 Å². The summed E-state index contributed by atoms with van der Waals surface area (Å²) in [5, 5.41) is 3.58. The molecule has 2 saturated heterocycles. The zero-order valence-electron chi connectivity index (χ0n) is 15.3. The maximum Gasteiger partial charge on any atom is 0.228 e. The van der Waals surface area contributed by atoms with Gasteiger partial charge in [-0.1, -0.05) is 25.8 Å². The molecule has 2 aliphatic rings. The lowest BCUT2D eigenvalue weighted by Crippen LogP contribution is -2.35. The van der Waals surface area contributed by atoms with Gasteiger partial charge in [-0.2, -0.15) is 0 Å². The first kappa shape index (κ1) is 18.5. The van der Waals surface area contributed by atoms with Crippen LogP contribution in [-0.2, 0) is 4.79 Å². The molecule has 0 bridgehead atoms. The Bertz CT molecular complexity index is 568. The lowest BCUT2D eigenvalue weighted by Gasteiger charge is -2.31. The number of nitrogens with one attached hydrogen (secondary N) is 1. The van der Waals surface area contributed by atoms with E-state index >= 15 is 0 Å². The second-order valence-corrected chi connectivity index (χ2v) is 8.83. The van der Waals surface area contributed by atoms with E-state index in [0.717, 1.165) is 44.8 Å². The molecule has 1 aromatic rings. The van der Waals surface area contributed by atoms with Crippen LogP contribution >= 0.6 is 11.9 Å². The maximum absolute atomic E-state index is 12.6. The smallest absolute Gasteiger partial charge is 0.228 e. The van der Waals surface area contributed by atoms with E-state index in [9.17, 15) is 4.79 Å². The molecule has 0 spiro atoms. The Kier molecular flexibility index (Phi) is 6.53. The lowest BCUT2D eigenvalue weighted by molar-refractivity contribution is -0.120. The van der Waals surface area contributed by atoms with Crippen molar-refractivity contribution < 1.29 is 4.79 Å². The van der Waals surface area contributed by atoms with Crippen LogP contribution in [0.2, 0.25) is 0 Å². The van der Waals surface area contributed by atoms with Crippen molar-refractivity contribution in [3.63, 3.8) is 0 Å². The molecule has 0 saturated carbocycles. The normalized spacial score (nSPS) is 20.0. The second kappa shape index (κ2) is 8.85. The third-order valence-corrected chi connectivity index (χ3v) is 5.82. The summed E-state index contributed by atoms with van der Waals surface area (Å²) in [6, 6.07) is 0. The number of piperidine rings is 2. The molecule has 6 nitrogen and oxygen atoms in total. The van der Waals surface area contributed by atoms with Crippen LogP contribution in [0, 0.1) is 5.92 Å². The third kappa shape index (κ3) is 5.31. The van der Waals surface area contributed by atoms with Crippen LogP contribution in [0.25, 0.3) is 0 Å². The number of hydrogen-bond donors (Lipinski definition) is 1. The first-order chi connectivity index (χ1) is 12.1. The largest absolute Gasteiger partial charge is 0.355 e. The lowest BCUT2D eigenvalue weighted by atomic mass is 9.97. The van der Waals surface area contributed by atoms with E-state index in [1.807, 2.05) is 11.9 Å². The van der Waals surface area contributed by atoms with Crippen molar-refractivity contribution in [3.05, 3.63) is 12.4 Å². The quantitative estimate of drug-likeness (QED) is 0.811. The molecule has 25 heavy (non-hydrogen) atoms. The van der Waals surface area contributed by atoms with E-state index in [1.54, 1.807) is 12.4 Å². The molecule has 3 heterocycles. The Labute approximate surface area is 154 Å². The van der Waals surface area contributed by atoms with Gasteiger partial charge in [0, 0.05) is 37.3 Å². The van der Waals surface area contributed by atoms with Gasteiger partial charge in [0.2, 0.25) is 5.91 Å². The third-order valence-electron chi connectivity index (χ3n) is 4.74. The van der Waals surface area contributed by atoms with E-state index < -0.39 is 0 Å². The van der Waals surface area contributed by atoms with Crippen LogP contribution in [0.3, 0.4) is 0 Å². The van der Waals surface area contributed by atoms with Gasteiger partial charge in [-0.3, -0.25) is 14.1 Å². The fourth-order valence-corrected chi connectivity index (χ4v) is 4.46. The minimum Gasteiger partial charge on any atom is -0.355 e. The van der Waals surface area contributed by atoms with Crippen molar-refractivity contribution in [2.24, 2.45) is 5.92 Å². The molecular weight excluding hydrogens is 334 g/mol. The topological polar surface area (TPSA) is 61.4 Å². The zero-order chi connectivity index (χ0) is 17.6. The van der Waals surface area contributed by atoms with Crippen molar-refractivity contribution >= 4 is 29.5 Å². The summed E-state index contributed by atoms with van der Waals surface area (Å²) in [5.74, 6) is 1.61. The van der Waals surface area contributed by atoms with Gasteiger partial charge in [0.15, 0.2) is 5.82 Å². The summed E-state index contributed by atoms with van der Waals surface area (Å²) in [7, 11) is 0. The van der Waals surface area contributed by atoms with Gasteiger partial charge in [-0.15, -0.1) is 0 Å². The molecule has 3 rings (SSSR count). The highest BCUT2D eigenvalue weighted by atomic mass is 32.2. The SMILES string of the molecule is CC(C)SN1CCC(C(=O)Nc2cncc(N3CCCCC3)n2)CC1. The first-order valence-electron chi connectivity index (χ1n) is 9.41. The summed E-state index contributed by atoms with van der Waals surface area (Å²) >= 11 is 1.88. The average Bonchev–Trinajstić information content (AvgIpc) is 2.63. The average molecular weight is 364 g/mol. The Hall–Kier alpha value is -1.34. The molecule has 7 heteroatoms. The Morgan fingerprint density at radius 3 is 2.56 bits per heavy atom. The van der Waals surface area contributed by atoms with E-state index in [2.05, 4.69) is 38.3 Å². The molecule has 1 aromatic heterocycles. The van der Waals surface area contributed by atoms with Crippen molar-refractivity contribution in [1.82, 2.24) is 14.3 Å². The monoisotopic (exact) mass is 363 g/mol. The molecule has 0 atom stereocenters. The molecule has 0 aromatic carbocycles. The van der Waals surface area contributed by atoms with Crippen LogP contribution in [0.15, 0.2) is 12.4 Å². The summed E-state index contributed by atoms with van der Waals surface area (Å²) in [6.07, 6.45) is 8.94. The van der Waals surface area contributed by atoms with Crippen molar-refractivity contribution in [2.45, 2.75) is 51.2 Å². The number of aromatic nitrogens is 2. The highest BCUT2D eigenvalue weighted by Gasteiger charge is 2.26. The van der Waals surface area contributed by atoms with Gasteiger partial charge < -0.3 is 10.2 Å². The molecule has 138 valence electrons. The number of amides is 1. The number of carbonyl (C=O) groups excluding carboxylic acids is 1. The van der Waals surface area contributed by atoms with Gasteiger partial charge in [0.25, 0.3) is 0 Å². The number of rotatable bonds is 5.